The van der Waals surface area contributed by atoms with E-state index in [1.165, 1.54) is 12.1 Å². The minimum Gasteiger partial charge on any atom is -0.493 e. The summed E-state index contributed by atoms with van der Waals surface area (Å²) >= 11 is 15.7. The smallest absolute Gasteiger partial charge is 0.167 e. The number of benzene rings is 3. The van der Waals surface area contributed by atoms with Gasteiger partial charge in [0.15, 0.2) is 11.5 Å². The lowest BCUT2D eigenvalue weighted by Gasteiger charge is -2.17. The quantitative estimate of drug-likeness (QED) is 0.371. The molecule has 3 nitrogen and oxygen atoms in total. The van der Waals surface area contributed by atoms with Crippen LogP contribution in [0.4, 0.5) is 4.39 Å². The molecule has 0 bridgehead atoms. The molecule has 0 amide bonds. The Morgan fingerprint density at radius 1 is 0.931 bits per heavy atom. The van der Waals surface area contributed by atoms with E-state index in [0.717, 1.165) is 21.2 Å². The maximum absolute atomic E-state index is 13.1. The fourth-order valence-corrected chi connectivity index (χ4v) is 3.56. The molecule has 0 saturated heterocycles. The number of ether oxygens (including phenoxy) is 2. The van der Waals surface area contributed by atoms with E-state index < -0.39 is 0 Å². The zero-order valence-electron chi connectivity index (χ0n) is 15.6. The SMILES string of the molecule is COc1ccc(Br)c(CNCc2ccc(F)cc2)c1OCc1ccc(Cl)c(Cl)c1. The molecule has 0 unspecified atom stereocenters. The summed E-state index contributed by atoms with van der Waals surface area (Å²) in [6.45, 7) is 1.44. The Labute approximate surface area is 187 Å². The zero-order chi connectivity index (χ0) is 20.8. The van der Waals surface area contributed by atoms with E-state index >= 15 is 0 Å². The standard InChI is InChI=1S/C22H19BrCl2FNO2/c1-28-21-9-7-18(23)17(12-27-11-14-2-5-16(26)6-3-14)22(21)29-13-15-4-8-19(24)20(25)10-15/h2-10,27H,11-13H2,1H3. The molecular formula is C22H19BrCl2FNO2. The molecule has 0 aromatic heterocycles. The Bertz CT molecular complexity index is 983. The summed E-state index contributed by atoms with van der Waals surface area (Å²) in [7, 11) is 1.60. The van der Waals surface area contributed by atoms with Gasteiger partial charge in [-0.05, 0) is 47.5 Å². The third kappa shape index (κ3) is 5.86. The van der Waals surface area contributed by atoms with Crippen LogP contribution in [0.25, 0.3) is 0 Å². The van der Waals surface area contributed by atoms with Crippen LogP contribution in [0, 0.1) is 5.82 Å². The summed E-state index contributed by atoms with van der Waals surface area (Å²) in [5, 5.41) is 4.34. The Hall–Kier alpha value is -1.79. The van der Waals surface area contributed by atoms with E-state index in [1.807, 2.05) is 18.2 Å². The van der Waals surface area contributed by atoms with Crippen molar-refractivity contribution in [2.45, 2.75) is 19.7 Å². The van der Waals surface area contributed by atoms with Gasteiger partial charge in [0.05, 0.1) is 17.2 Å². The molecule has 0 fully saturated rings. The van der Waals surface area contributed by atoms with Gasteiger partial charge in [0, 0.05) is 23.1 Å². The summed E-state index contributed by atoms with van der Waals surface area (Å²) in [6.07, 6.45) is 0. The van der Waals surface area contributed by atoms with E-state index in [0.29, 0.717) is 41.2 Å². The predicted octanol–water partition coefficient (Wildman–Crippen LogP) is 6.77. The lowest BCUT2D eigenvalue weighted by Crippen LogP contribution is -2.14. The van der Waals surface area contributed by atoms with Gasteiger partial charge < -0.3 is 14.8 Å². The van der Waals surface area contributed by atoms with E-state index in [9.17, 15) is 4.39 Å². The van der Waals surface area contributed by atoms with Crippen molar-refractivity contribution in [2.75, 3.05) is 7.11 Å². The van der Waals surface area contributed by atoms with Gasteiger partial charge in [-0.1, -0.05) is 57.3 Å². The lowest BCUT2D eigenvalue weighted by molar-refractivity contribution is 0.280. The summed E-state index contributed by atoms with van der Waals surface area (Å²) < 4.78 is 25.5. The topological polar surface area (TPSA) is 30.5 Å². The Morgan fingerprint density at radius 3 is 2.34 bits per heavy atom. The highest BCUT2D eigenvalue weighted by Gasteiger charge is 2.15. The Balaban J connectivity index is 1.75. The van der Waals surface area contributed by atoms with Crippen molar-refractivity contribution in [1.82, 2.24) is 5.32 Å². The van der Waals surface area contributed by atoms with Gasteiger partial charge in [-0.3, -0.25) is 0 Å². The van der Waals surface area contributed by atoms with Crippen LogP contribution >= 0.6 is 39.1 Å². The van der Waals surface area contributed by atoms with Crippen molar-refractivity contribution in [1.29, 1.82) is 0 Å². The van der Waals surface area contributed by atoms with Gasteiger partial charge in [-0.2, -0.15) is 0 Å². The first-order chi connectivity index (χ1) is 14.0. The molecule has 0 radical (unpaired) electrons. The monoisotopic (exact) mass is 497 g/mol. The third-order valence-corrected chi connectivity index (χ3v) is 5.78. The first kappa shape index (κ1) is 21.9. The molecule has 7 heteroatoms. The number of halogens is 4. The molecule has 0 heterocycles. The van der Waals surface area contributed by atoms with Gasteiger partial charge in [0.1, 0.15) is 12.4 Å². The maximum atomic E-state index is 13.1. The van der Waals surface area contributed by atoms with Gasteiger partial charge in [0.2, 0.25) is 0 Å². The summed E-state index contributed by atoms with van der Waals surface area (Å²) in [5.74, 6) is 1.02. The van der Waals surface area contributed by atoms with Gasteiger partial charge >= 0.3 is 0 Å². The summed E-state index contributed by atoms with van der Waals surface area (Å²) in [5.41, 5.74) is 2.81. The highest BCUT2D eigenvalue weighted by atomic mass is 79.9. The molecule has 152 valence electrons. The maximum Gasteiger partial charge on any atom is 0.167 e. The fourth-order valence-electron chi connectivity index (χ4n) is 2.79. The molecule has 0 saturated carbocycles. The second kappa shape index (κ2) is 10.3. The van der Waals surface area contributed by atoms with E-state index in [-0.39, 0.29) is 5.82 Å². The van der Waals surface area contributed by atoms with E-state index in [4.69, 9.17) is 32.7 Å². The van der Waals surface area contributed by atoms with Crippen LogP contribution in [0.5, 0.6) is 11.5 Å². The summed E-state index contributed by atoms with van der Waals surface area (Å²) in [4.78, 5) is 0. The number of nitrogens with one attached hydrogen (secondary N) is 1. The van der Waals surface area contributed by atoms with Crippen molar-refractivity contribution < 1.29 is 13.9 Å². The highest BCUT2D eigenvalue weighted by molar-refractivity contribution is 9.10. The molecule has 1 N–H and O–H groups in total. The normalized spacial score (nSPS) is 10.8. The Morgan fingerprint density at radius 2 is 1.66 bits per heavy atom. The molecular weight excluding hydrogens is 480 g/mol. The lowest BCUT2D eigenvalue weighted by atomic mass is 10.1. The molecule has 0 aliphatic rings. The number of hydrogen-bond donors (Lipinski definition) is 1. The van der Waals surface area contributed by atoms with Gasteiger partial charge in [-0.25, -0.2) is 4.39 Å². The van der Waals surface area contributed by atoms with Crippen LogP contribution in [0.1, 0.15) is 16.7 Å². The Kier molecular flexibility index (Phi) is 7.78. The van der Waals surface area contributed by atoms with Gasteiger partial charge in [0.25, 0.3) is 0 Å². The first-order valence-electron chi connectivity index (χ1n) is 8.85. The minimum atomic E-state index is -0.248. The van der Waals surface area contributed by atoms with E-state index in [2.05, 4.69) is 21.2 Å². The second-order valence-electron chi connectivity index (χ2n) is 6.32. The largest absolute Gasteiger partial charge is 0.493 e. The summed E-state index contributed by atoms with van der Waals surface area (Å²) in [6, 6.07) is 15.6. The van der Waals surface area contributed by atoms with Crippen LogP contribution in [-0.2, 0) is 19.7 Å². The fraction of sp³-hybridized carbons (Fsp3) is 0.182. The van der Waals surface area contributed by atoms with Crippen LogP contribution in [0.3, 0.4) is 0 Å². The average molecular weight is 499 g/mol. The molecule has 29 heavy (non-hydrogen) atoms. The van der Waals surface area contributed by atoms with Crippen molar-refractivity contribution in [3.63, 3.8) is 0 Å². The third-order valence-electron chi connectivity index (χ3n) is 4.30. The van der Waals surface area contributed by atoms with Crippen LogP contribution in [-0.4, -0.2) is 7.11 Å². The highest BCUT2D eigenvalue weighted by Crippen LogP contribution is 2.37. The second-order valence-corrected chi connectivity index (χ2v) is 7.99. The van der Waals surface area contributed by atoms with Crippen molar-refractivity contribution in [2.24, 2.45) is 0 Å². The molecule has 3 aromatic rings. The number of methoxy groups -OCH3 is 1. The molecule has 0 aliphatic heterocycles. The van der Waals surface area contributed by atoms with Crippen LogP contribution in [0.15, 0.2) is 59.1 Å². The predicted molar refractivity (Wildman–Crippen MR) is 118 cm³/mol. The van der Waals surface area contributed by atoms with Crippen molar-refractivity contribution in [3.8, 4) is 11.5 Å². The average Bonchev–Trinajstić information content (AvgIpc) is 2.72. The van der Waals surface area contributed by atoms with Crippen molar-refractivity contribution >= 4 is 39.1 Å². The van der Waals surface area contributed by atoms with Crippen LogP contribution in [0.2, 0.25) is 10.0 Å². The van der Waals surface area contributed by atoms with Crippen molar-refractivity contribution in [3.05, 3.63) is 91.6 Å². The van der Waals surface area contributed by atoms with Crippen LogP contribution < -0.4 is 14.8 Å². The van der Waals surface area contributed by atoms with E-state index in [1.54, 1.807) is 31.4 Å². The molecule has 3 rings (SSSR count). The first-order valence-corrected chi connectivity index (χ1v) is 10.4. The zero-order valence-corrected chi connectivity index (χ0v) is 18.7. The number of rotatable bonds is 8. The molecule has 0 aliphatic carbocycles. The minimum absolute atomic E-state index is 0.248. The number of hydrogen-bond acceptors (Lipinski definition) is 3. The molecule has 0 spiro atoms. The van der Waals surface area contributed by atoms with Gasteiger partial charge in [-0.15, -0.1) is 0 Å². The molecule has 0 atom stereocenters. The molecule has 3 aromatic carbocycles.